The first-order valence-electron chi connectivity index (χ1n) is 8.59. The van der Waals surface area contributed by atoms with E-state index < -0.39 is 6.10 Å². The van der Waals surface area contributed by atoms with Crippen LogP contribution in [0.15, 0.2) is 18.2 Å². The number of hydroxylamine groups is 1. The number of rotatable bonds is 8. The SMILES string of the molecule is CC(O)CC(C)NCC(O)COc1cccc2c1C(C)(C)C[NH+]2[O-]. The lowest BCUT2D eigenvalue weighted by Crippen LogP contribution is -3.01. The van der Waals surface area contributed by atoms with Crippen LogP contribution in [0.4, 0.5) is 5.69 Å². The number of nitrogens with one attached hydrogen (secondary N) is 2. The van der Waals surface area contributed by atoms with Crippen LogP contribution in [0.3, 0.4) is 0 Å². The van der Waals surface area contributed by atoms with E-state index >= 15 is 0 Å². The van der Waals surface area contributed by atoms with E-state index in [9.17, 15) is 15.4 Å². The fourth-order valence-electron chi connectivity index (χ4n) is 3.34. The van der Waals surface area contributed by atoms with E-state index in [0.29, 0.717) is 25.3 Å². The Labute approximate surface area is 144 Å². The van der Waals surface area contributed by atoms with Crippen molar-refractivity contribution in [3.8, 4) is 5.75 Å². The van der Waals surface area contributed by atoms with Crippen molar-refractivity contribution >= 4 is 5.69 Å². The highest BCUT2D eigenvalue weighted by Crippen LogP contribution is 2.38. The zero-order chi connectivity index (χ0) is 17.9. The Balaban J connectivity index is 1.92. The van der Waals surface area contributed by atoms with Crippen LogP contribution in [-0.4, -0.2) is 48.2 Å². The van der Waals surface area contributed by atoms with Crippen molar-refractivity contribution in [1.82, 2.24) is 5.32 Å². The summed E-state index contributed by atoms with van der Waals surface area (Å²) in [5, 5.41) is 34.9. The Hall–Kier alpha value is -1.18. The van der Waals surface area contributed by atoms with Crippen LogP contribution in [0.2, 0.25) is 0 Å². The number of fused-ring (bicyclic) bond motifs is 1. The van der Waals surface area contributed by atoms with Gasteiger partial charge in [0.2, 0.25) is 0 Å². The van der Waals surface area contributed by atoms with Gasteiger partial charge in [-0.3, -0.25) is 0 Å². The molecular formula is C18H30N2O4. The molecule has 1 aromatic carbocycles. The van der Waals surface area contributed by atoms with Crippen molar-refractivity contribution in [3.05, 3.63) is 29.0 Å². The summed E-state index contributed by atoms with van der Waals surface area (Å²) in [5.41, 5.74) is 1.44. The number of benzene rings is 1. The Morgan fingerprint density at radius 3 is 2.71 bits per heavy atom. The molecule has 4 atom stereocenters. The molecule has 0 fully saturated rings. The molecule has 4 N–H and O–H groups in total. The van der Waals surface area contributed by atoms with Crippen LogP contribution in [0.5, 0.6) is 5.75 Å². The summed E-state index contributed by atoms with van der Waals surface area (Å²) in [5.74, 6) is 0.680. The Morgan fingerprint density at radius 2 is 2.04 bits per heavy atom. The summed E-state index contributed by atoms with van der Waals surface area (Å²) >= 11 is 0. The number of hydrogen-bond donors (Lipinski definition) is 4. The Kier molecular flexibility index (Phi) is 6.22. The molecule has 0 spiro atoms. The van der Waals surface area contributed by atoms with Crippen LogP contribution in [0.1, 0.15) is 39.7 Å². The number of aliphatic hydroxyl groups excluding tert-OH is 2. The first kappa shape index (κ1) is 19.1. The molecular weight excluding hydrogens is 308 g/mol. The molecule has 6 heteroatoms. The topological polar surface area (TPSA) is 89.2 Å². The van der Waals surface area contributed by atoms with Crippen molar-refractivity contribution in [3.63, 3.8) is 0 Å². The first-order chi connectivity index (χ1) is 11.2. The maximum Gasteiger partial charge on any atom is 0.138 e. The average Bonchev–Trinajstić information content (AvgIpc) is 2.72. The molecule has 1 aliphatic heterocycles. The number of aliphatic hydroxyl groups is 2. The van der Waals surface area contributed by atoms with Crippen molar-refractivity contribution in [2.75, 3.05) is 19.7 Å². The highest BCUT2D eigenvalue weighted by Gasteiger charge is 2.39. The van der Waals surface area contributed by atoms with Gasteiger partial charge >= 0.3 is 0 Å². The van der Waals surface area contributed by atoms with Crippen molar-refractivity contribution in [1.29, 1.82) is 0 Å². The highest BCUT2D eigenvalue weighted by molar-refractivity contribution is 5.55. The maximum atomic E-state index is 12.1. The third kappa shape index (κ3) is 4.68. The zero-order valence-corrected chi connectivity index (χ0v) is 15.0. The molecule has 0 bridgehead atoms. The summed E-state index contributed by atoms with van der Waals surface area (Å²) < 4.78 is 5.82. The monoisotopic (exact) mass is 338 g/mol. The van der Waals surface area contributed by atoms with Gasteiger partial charge in [0.25, 0.3) is 0 Å². The predicted octanol–water partition coefficient (Wildman–Crippen LogP) is 0.481. The minimum absolute atomic E-state index is 0.122. The fourth-order valence-corrected chi connectivity index (χ4v) is 3.34. The second-order valence-corrected chi connectivity index (χ2v) is 7.52. The summed E-state index contributed by atoms with van der Waals surface area (Å²) in [6, 6.07) is 5.64. The van der Waals surface area contributed by atoms with Gasteiger partial charge in [0.15, 0.2) is 0 Å². The molecule has 0 aromatic heterocycles. The van der Waals surface area contributed by atoms with E-state index in [1.807, 2.05) is 39.0 Å². The molecule has 0 saturated heterocycles. The first-order valence-corrected chi connectivity index (χ1v) is 8.59. The van der Waals surface area contributed by atoms with Crippen LogP contribution in [-0.2, 0) is 5.41 Å². The van der Waals surface area contributed by atoms with Gasteiger partial charge < -0.3 is 30.5 Å². The zero-order valence-electron chi connectivity index (χ0n) is 15.0. The van der Waals surface area contributed by atoms with E-state index in [1.165, 1.54) is 0 Å². The largest absolute Gasteiger partial charge is 0.629 e. The van der Waals surface area contributed by atoms with Gasteiger partial charge in [-0.15, -0.1) is 0 Å². The van der Waals surface area contributed by atoms with Crippen molar-refractivity contribution < 1.29 is 20.0 Å². The number of quaternary nitrogens is 1. The molecule has 1 aromatic rings. The number of ether oxygens (including phenoxy) is 1. The minimum Gasteiger partial charge on any atom is -0.629 e. The van der Waals surface area contributed by atoms with Gasteiger partial charge in [0.05, 0.1) is 18.2 Å². The van der Waals surface area contributed by atoms with Crippen LogP contribution < -0.4 is 15.1 Å². The van der Waals surface area contributed by atoms with Gasteiger partial charge in [-0.25, -0.2) is 0 Å². The Bertz CT molecular complexity index is 548. The normalized spacial score (nSPS) is 22.7. The number of hydrogen-bond acceptors (Lipinski definition) is 5. The van der Waals surface area contributed by atoms with E-state index in [1.54, 1.807) is 6.92 Å². The third-order valence-electron chi connectivity index (χ3n) is 4.43. The van der Waals surface area contributed by atoms with Crippen LogP contribution in [0.25, 0.3) is 0 Å². The summed E-state index contributed by atoms with van der Waals surface area (Å²) in [6.45, 7) is 8.85. The van der Waals surface area contributed by atoms with Crippen molar-refractivity contribution in [2.45, 2.75) is 57.8 Å². The molecule has 0 amide bonds. The quantitative estimate of drug-likeness (QED) is 0.518. The maximum absolute atomic E-state index is 12.1. The molecule has 136 valence electrons. The third-order valence-corrected chi connectivity index (χ3v) is 4.43. The van der Waals surface area contributed by atoms with Crippen LogP contribution >= 0.6 is 0 Å². The summed E-state index contributed by atoms with van der Waals surface area (Å²) in [4.78, 5) is 0. The van der Waals surface area contributed by atoms with Crippen molar-refractivity contribution in [2.24, 2.45) is 0 Å². The van der Waals surface area contributed by atoms with Gasteiger partial charge in [-0.05, 0) is 46.2 Å². The van der Waals surface area contributed by atoms with E-state index in [0.717, 1.165) is 11.3 Å². The lowest BCUT2D eigenvalue weighted by atomic mass is 9.86. The second kappa shape index (κ2) is 7.80. The molecule has 4 unspecified atom stereocenters. The molecule has 6 nitrogen and oxygen atoms in total. The molecule has 2 rings (SSSR count). The molecule has 0 radical (unpaired) electrons. The fraction of sp³-hybridized carbons (Fsp3) is 0.667. The summed E-state index contributed by atoms with van der Waals surface area (Å²) in [6.07, 6.45) is -0.388. The second-order valence-electron chi connectivity index (χ2n) is 7.52. The smallest absolute Gasteiger partial charge is 0.138 e. The van der Waals surface area contributed by atoms with Gasteiger partial charge in [0, 0.05) is 18.0 Å². The highest BCUT2D eigenvalue weighted by atomic mass is 16.5. The molecule has 24 heavy (non-hydrogen) atoms. The van der Waals surface area contributed by atoms with Crippen LogP contribution in [0, 0.1) is 5.21 Å². The van der Waals surface area contributed by atoms with Gasteiger partial charge in [-0.2, -0.15) is 0 Å². The average molecular weight is 338 g/mol. The lowest BCUT2D eigenvalue weighted by Gasteiger charge is -2.21. The molecule has 0 saturated carbocycles. The van der Waals surface area contributed by atoms with Gasteiger partial charge in [-0.1, -0.05) is 6.07 Å². The van der Waals surface area contributed by atoms with E-state index in [4.69, 9.17) is 4.74 Å². The lowest BCUT2D eigenvalue weighted by molar-refractivity contribution is -0.773. The van der Waals surface area contributed by atoms with Gasteiger partial charge in [0.1, 0.15) is 24.1 Å². The molecule has 0 aliphatic carbocycles. The van der Waals surface area contributed by atoms with E-state index in [2.05, 4.69) is 5.32 Å². The molecule has 1 aliphatic rings. The minimum atomic E-state index is -0.655. The standard InChI is InChI=1S/C18H30N2O4/c1-12(8-13(2)21)19-9-14(22)10-24-16-7-5-6-15-17(16)18(3,4)11-20(15)23/h5-7,12-14,19-22H,8-11H2,1-4H3. The molecule has 1 heterocycles. The summed E-state index contributed by atoms with van der Waals surface area (Å²) in [7, 11) is 0. The predicted molar refractivity (Wildman–Crippen MR) is 93.6 cm³/mol. The van der Waals surface area contributed by atoms with E-state index in [-0.39, 0.29) is 29.2 Å². The Morgan fingerprint density at radius 1 is 1.33 bits per heavy atom.